The van der Waals surface area contributed by atoms with Crippen LogP contribution in [0.3, 0.4) is 0 Å². The standard InChI is InChI=1S/C20H15F4N3O/c21-18-8-7-16(10-17(18)20(22,23)24)27-19(28)26-11-13-3-5-14(6-4-13)15-2-1-9-25-12-15/h1-10,12H,11H2,(H2,26,27,28). The van der Waals surface area contributed by atoms with Gasteiger partial charge in [0.15, 0.2) is 0 Å². The summed E-state index contributed by atoms with van der Waals surface area (Å²) >= 11 is 0. The van der Waals surface area contributed by atoms with Gasteiger partial charge in [-0.05, 0) is 41.0 Å². The van der Waals surface area contributed by atoms with Gasteiger partial charge in [-0.3, -0.25) is 4.98 Å². The van der Waals surface area contributed by atoms with E-state index in [0.29, 0.717) is 12.1 Å². The fraction of sp³-hybridized carbons (Fsp3) is 0.100. The first kappa shape index (κ1) is 19.3. The molecule has 0 aliphatic carbocycles. The molecule has 0 unspecified atom stereocenters. The molecule has 2 N–H and O–H groups in total. The van der Waals surface area contributed by atoms with Crippen molar-refractivity contribution >= 4 is 11.7 Å². The second kappa shape index (κ2) is 8.08. The van der Waals surface area contributed by atoms with E-state index in [2.05, 4.69) is 15.6 Å². The Hall–Kier alpha value is -3.42. The van der Waals surface area contributed by atoms with Crippen molar-refractivity contribution in [3.05, 3.63) is 83.9 Å². The third kappa shape index (κ3) is 4.85. The van der Waals surface area contributed by atoms with Crippen molar-refractivity contribution in [2.24, 2.45) is 0 Å². The Morgan fingerprint density at radius 1 is 1.00 bits per heavy atom. The number of benzene rings is 2. The van der Waals surface area contributed by atoms with E-state index in [4.69, 9.17) is 0 Å². The third-order valence-corrected chi connectivity index (χ3v) is 3.93. The highest BCUT2D eigenvalue weighted by atomic mass is 19.4. The molecule has 1 heterocycles. The number of anilines is 1. The first-order valence-corrected chi connectivity index (χ1v) is 8.24. The number of aromatic nitrogens is 1. The summed E-state index contributed by atoms with van der Waals surface area (Å²) in [6.07, 6.45) is -1.42. The molecule has 2 aromatic carbocycles. The largest absolute Gasteiger partial charge is 0.419 e. The number of nitrogens with zero attached hydrogens (tertiary/aromatic N) is 1. The molecule has 28 heavy (non-hydrogen) atoms. The number of rotatable bonds is 4. The zero-order valence-corrected chi connectivity index (χ0v) is 14.4. The summed E-state index contributed by atoms with van der Waals surface area (Å²) < 4.78 is 51.4. The van der Waals surface area contributed by atoms with Crippen molar-refractivity contribution in [1.82, 2.24) is 10.3 Å². The maximum atomic E-state index is 13.3. The summed E-state index contributed by atoms with van der Waals surface area (Å²) in [7, 11) is 0. The summed E-state index contributed by atoms with van der Waals surface area (Å²) in [6, 6.07) is 12.7. The number of urea groups is 1. The highest BCUT2D eigenvalue weighted by Crippen LogP contribution is 2.33. The molecular formula is C20H15F4N3O. The zero-order chi connectivity index (χ0) is 20.1. The summed E-state index contributed by atoms with van der Waals surface area (Å²) in [4.78, 5) is 16.0. The van der Waals surface area contributed by atoms with Gasteiger partial charge in [0, 0.05) is 24.6 Å². The lowest BCUT2D eigenvalue weighted by Crippen LogP contribution is -2.28. The van der Waals surface area contributed by atoms with E-state index in [1.165, 1.54) is 0 Å². The monoisotopic (exact) mass is 389 g/mol. The topological polar surface area (TPSA) is 54.0 Å². The summed E-state index contributed by atoms with van der Waals surface area (Å²) in [5.41, 5.74) is 1.14. The molecule has 3 aromatic rings. The van der Waals surface area contributed by atoms with Crippen molar-refractivity contribution in [1.29, 1.82) is 0 Å². The molecule has 4 nitrogen and oxygen atoms in total. The Labute approximate surface area is 158 Å². The summed E-state index contributed by atoms with van der Waals surface area (Å²) in [5, 5.41) is 4.81. The molecule has 0 aliphatic rings. The predicted octanol–water partition coefficient (Wildman–Crippen LogP) is 5.23. The molecular weight excluding hydrogens is 374 g/mol. The highest BCUT2D eigenvalue weighted by molar-refractivity contribution is 5.89. The lowest BCUT2D eigenvalue weighted by molar-refractivity contribution is -0.139. The van der Waals surface area contributed by atoms with Crippen molar-refractivity contribution in [2.75, 3.05) is 5.32 Å². The molecule has 0 radical (unpaired) electrons. The van der Waals surface area contributed by atoms with Gasteiger partial charge in [-0.25, -0.2) is 9.18 Å². The molecule has 144 valence electrons. The average Bonchev–Trinajstić information content (AvgIpc) is 2.68. The number of nitrogens with one attached hydrogen (secondary N) is 2. The fourth-order valence-corrected chi connectivity index (χ4v) is 2.53. The Morgan fingerprint density at radius 3 is 2.39 bits per heavy atom. The number of carbonyl (C=O) groups is 1. The third-order valence-electron chi connectivity index (χ3n) is 3.93. The number of hydrogen-bond donors (Lipinski definition) is 2. The molecule has 0 atom stereocenters. The summed E-state index contributed by atoms with van der Waals surface area (Å²) in [6.45, 7) is 0.173. The van der Waals surface area contributed by atoms with Crippen LogP contribution in [0, 0.1) is 5.82 Å². The Balaban J connectivity index is 1.59. The quantitative estimate of drug-likeness (QED) is 0.601. The maximum absolute atomic E-state index is 13.3. The minimum atomic E-state index is -4.84. The van der Waals surface area contributed by atoms with Crippen molar-refractivity contribution in [2.45, 2.75) is 12.7 Å². The Morgan fingerprint density at radius 2 is 1.75 bits per heavy atom. The van der Waals surface area contributed by atoms with Crippen LogP contribution in [0.2, 0.25) is 0 Å². The minimum Gasteiger partial charge on any atom is -0.334 e. The SMILES string of the molecule is O=C(NCc1ccc(-c2cccnc2)cc1)Nc1ccc(F)c(C(F)(F)F)c1. The van der Waals surface area contributed by atoms with E-state index in [1.807, 2.05) is 36.4 Å². The molecule has 0 aliphatic heterocycles. The van der Waals surface area contributed by atoms with Gasteiger partial charge in [0.05, 0.1) is 5.56 Å². The number of pyridine rings is 1. The predicted molar refractivity (Wildman–Crippen MR) is 96.9 cm³/mol. The molecule has 1 aromatic heterocycles. The van der Waals surface area contributed by atoms with Gasteiger partial charge >= 0.3 is 12.2 Å². The Kier molecular flexibility index (Phi) is 5.58. The number of amides is 2. The lowest BCUT2D eigenvalue weighted by Gasteiger charge is -2.12. The van der Waals surface area contributed by atoms with Crippen molar-refractivity contribution in [3.63, 3.8) is 0 Å². The van der Waals surface area contributed by atoms with E-state index in [0.717, 1.165) is 22.8 Å². The summed E-state index contributed by atoms with van der Waals surface area (Å²) in [5.74, 6) is -1.40. The fourth-order valence-electron chi connectivity index (χ4n) is 2.53. The molecule has 0 saturated carbocycles. The zero-order valence-electron chi connectivity index (χ0n) is 14.4. The van der Waals surface area contributed by atoms with E-state index in [-0.39, 0.29) is 12.2 Å². The number of halogens is 4. The van der Waals surface area contributed by atoms with Crippen LogP contribution >= 0.6 is 0 Å². The second-order valence-electron chi connectivity index (χ2n) is 5.94. The Bertz CT molecular complexity index is 957. The van der Waals surface area contributed by atoms with Crippen LogP contribution in [0.1, 0.15) is 11.1 Å². The van der Waals surface area contributed by atoms with E-state index < -0.39 is 23.6 Å². The van der Waals surface area contributed by atoms with Crippen LogP contribution in [0.25, 0.3) is 11.1 Å². The number of alkyl halides is 3. The molecule has 3 rings (SSSR count). The first-order valence-electron chi connectivity index (χ1n) is 8.24. The molecule has 2 amide bonds. The van der Waals surface area contributed by atoms with Crippen molar-refractivity contribution in [3.8, 4) is 11.1 Å². The second-order valence-corrected chi connectivity index (χ2v) is 5.94. The van der Waals surface area contributed by atoms with Crippen molar-refractivity contribution < 1.29 is 22.4 Å². The molecule has 8 heteroatoms. The lowest BCUT2D eigenvalue weighted by atomic mass is 10.1. The van der Waals surface area contributed by atoms with Gasteiger partial charge in [0.25, 0.3) is 0 Å². The van der Waals surface area contributed by atoms with Gasteiger partial charge in [0.2, 0.25) is 0 Å². The number of carbonyl (C=O) groups excluding carboxylic acids is 1. The first-order chi connectivity index (χ1) is 13.3. The van der Waals surface area contributed by atoms with Gasteiger partial charge < -0.3 is 10.6 Å². The molecule has 0 fully saturated rings. The van der Waals surface area contributed by atoms with E-state index in [9.17, 15) is 22.4 Å². The molecule has 0 spiro atoms. The van der Waals surface area contributed by atoms with Crippen LogP contribution in [-0.4, -0.2) is 11.0 Å². The number of hydrogen-bond acceptors (Lipinski definition) is 2. The van der Waals surface area contributed by atoms with Crippen LogP contribution in [0.4, 0.5) is 28.0 Å². The smallest absolute Gasteiger partial charge is 0.334 e. The van der Waals surface area contributed by atoms with Crippen LogP contribution in [0.5, 0.6) is 0 Å². The average molecular weight is 389 g/mol. The minimum absolute atomic E-state index is 0.154. The highest BCUT2D eigenvalue weighted by Gasteiger charge is 2.34. The normalized spacial score (nSPS) is 11.1. The van der Waals surface area contributed by atoms with Crippen LogP contribution in [0.15, 0.2) is 67.0 Å². The van der Waals surface area contributed by atoms with Crippen LogP contribution < -0.4 is 10.6 Å². The molecule has 0 saturated heterocycles. The van der Waals surface area contributed by atoms with Gasteiger partial charge in [-0.1, -0.05) is 30.3 Å². The molecule has 0 bridgehead atoms. The van der Waals surface area contributed by atoms with Gasteiger partial charge in [0.1, 0.15) is 5.82 Å². The van der Waals surface area contributed by atoms with E-state index >= 15 is 0 Å². The van der Waals surface area contributed by atoms with E-state index in [1.54, 1.807) is 12.4 Å². The van der Waals surface area contributed by atoms with Crippen LogP contribution in [-0.2, 0) is 12.7 Å². The maximum Gasteiger partial charge on any atom is 0.419 e. The van der Waals surface area contributed by atoms with Gasteiger partial charge in [-0.2, -0.15) is 13.2 Å². The van der Waals surface area contributed by atoms with Gasteiger partial charge in [-0.15, -0.1) is 0 Å².